The van der Waals surface area contributed by atoms with Crippen molar-refractivity contribution in [2.45, 2.75) is 18.9 Å². The molecule has 0 aromatic carbocycles. The Kier molecular flexibility index (Phi) is 4.19. The van der Waals surface area contributed by atoms with Crippen molar-refractivity contribution >= 4 is 11.7 Å². The number of imidazole rings is 1. The number of nitrogens with one attached hydrogen (secondary N) is 2. The van der Waals surface area contributed by atoms with Crippen molar-refractivity contribution in [3.8, 4) is 11.4 Å². The summed E-state index contributed by atoms with van der Waals surface area (Å²) in [7, 11) is 1.77. The zero-order chi connectivity index (χ0) is 20.0. The number of likely N-dealkylation sites (tertiary alicyclic amines) is 1. The first-order valence-corrected chi connectivity index (χ1v) is 9.81. The maximum Gasteiger partial charge on any atom is 0.261 e. The Morgan fingerprint density at radius 3 is 2.86 bits per heavy atom. The Balaban J connectivity index is 1.46. The number of nitrogens with zero attached hydrogens (tertiary/aromatic N) is 4. The first-order chi connectivity index (χ1) is 14.2. The van der Waals surface area contributed by atoms with Gasteiger partial charge in [-0.3, -0.25) is 9.59 Å². The molecule has 148 valence electrons. The van der Waals surface area contributed by atoms with Crippen molar-refractivity contribution in [3.63, 3.8) is 0 Å². The molecule has 2 atom stereocenters. The zero-order valence-electron chi connectivity index (χ0n) is 16.1. The maximum absolute atomic E-state index is 13.2. The van der Waals surface area contributed by atoms with Gasteiger partial charge in [-0.1, -0.05) is 0 Å². The van der Waals surface area contributed by atoms with E-state index < -0.39 is 0 Å². The molecule has 0 unspecified atom stereocenters. The molecule has 2 bridgehead atoms. The second-order valence-corrected chi connectivity index (χ2v) is 7.68. The van der Waals surface area contributed by atoms with Crippen LogP contribution in [0.3, 0.4) is 0 Å². The smallest absolute Gasteiger partial charge is 0.261 e. The Hall–Kier alpha value is -3.42. The number of hydrogen-bond acceptors (Lipinski definition) is 5. The normalized spacial score (nSPS) is 20.2. The van der Waals surface area contributed by atoms with Crippen LogP contribution in [0, 0.1) is 5.92 Å². The molecule has 8 heteroatoms. The van der Waals surface area contributed by atoms with Crippen molar-refractivity contribution in [2.24, 2.45) is 5.92 Å². The summed E-state index contributed by atoms with van der Waals surface area (Å²) in [4.78, 5) is 39.6. The second kappa shape index (κ2) is 6.88. The van der Waals surface area contributed by atoms with Gasteiger partial charge >= 0.3 is 0 Å². The summed E-state index contributed by atoms with van der Waals surface area (Å²) in [6.07, 6.45) is 6.03. The van der Waals surface area contributed by atoms with Gasteiger partial charge in [0, 0.05) is 56.9 Å². The van der Waals surface area contributed by atoms with Gasteiger partial charge in [0.1, 0.15) is 11.6 Å². The highest BCUT2D eigenvalue weighted by molar-refractivity contribution is 5.98. The molecule has 1 fully saturated rings. The number of aromatic nitrogens is 4. The lowest BCUT2D eigenvalue weighted by molar-refractivity contribution is 0.0595. The third-order valence-electron chi connectivity index (χ3n) is 5.92. The van der Waals surface area contributed by atoms with E-state index in [1.807, 2.05) is 21.6 Å². The van der Waals surface area contributed by atoms with Crippen LogP contribution in [0.25, 0.3) is 11.4 Å². The molecule has 2 aliphatic heterocycles. The Labute approximate surface area is 167 Å². The average Bonchev–Trinajstić information content (AvgIpc) is 3.28. The number of carbonyl (C=O) groups is 1. The Bertz CT molecular complexity index is 1120. The average molecular weight is 390 g/mol. The minimum absolute atomic E-state index is 0.0137. The van der Waals surface area contributed by atoms with Crippen LogP contribution in [-0.4, -0.2) is 50.5 Å². The largest absolute Gasteiger partial charge is 0.372 e. The first kappa shape index (κ1) is 17.7. The number of carbonyl (C=O) groups excluding carboxylic acids is 1. The molecule has 3 aromatic heterocycles. The van der Waals surface area contributed by atoms with Crippen LogP contribution in [0.4, 0.5) is 5.82 Å². The van der Waals surface area contributed by atoms with Gasteiger partial charge in [0.05, 0.1) is 11.1 Å². The van der Waals surface area contributed by atoms with Crippen LogP contribution in [0.15, 0.2) is 47.7 Å². The van der Waals surface area contributed by atoms with Gasteiger partial charge in [0.15, 0.2) is 0 Å². The SMILES string of the molecule is CNc1ncccc1C(=O)N1C[C@@H]2C[C@H](C1)c1ccc(-c3ncc[nH]3)c(=O)n1C2. The van der Waals surface area contributed by atoms with E-state index >= 15 is 0 Å². The monoisotopic (exact) mass is 390 g/mol. The lowest BCUT2D eigenvalue weighted by Crippen LogP contribution is -2.49. The molecule has 5 rings (SSSR count). The molecule has 2 aliphatic rings. The standard InChI is InChI=1S/C21H22N6O2/c1-22-18-15(3-2-6-23-18)20(28)26-10-13-9-14(12-26)17-5-4-16(19-24-7-8-25-19)21(29)27(17)11-13/h2-8,13-14H,9-12H2,1H3,(H,22,23)(H,24,25)/t13-,14+/m0/s1. The fraction of sp³-hybridized carbons (Fsp3) is 0.333. The third kappa shape index (κ3) is 2.91. The van der Waals surface area contributed by atoms with Gasteiger partial charge in [0.25, 0.3) is 11.5 Å². The summed E-state index contributed by atoms with van der Waals surface area (Å²) in [6, 6.07) is 7.44. The summed E-state index contributed by atoms with van der Waals surface area (Å²) in [5, 5.41) is 3.00. The predicted octanol–water partition coefficient (Wildman–Crippen LogP) is 1.93. The first-order valence-electron chi connectivity index (χ1n) is 9.81. The van der Waals surface area contributed by atoms with Crippen molar-refractivity contribution in [1.82, 2.24) is 24.4 Å². The van der Waals surface area contributed by atoms with Gasteiger partial charge in [-0.05, 0) is 36.6 Å². The van der Waals surface area contributed by atoms with Crippen LogP contribution in [0.1, 0.15) is 28.4 Å². The van der Waals surface area contributed by atoms with Crippen molar-refractivity contribution in [3.05, 3.63) is 64.5 Å². The Morgan fingerprint density at radius 2 is 2.07 bits per heavy atom. The van der Waals surface area contributed by atoms with E-state index in [1.54, 1.807) is 37.8 Å². The van der Waals surface area contributed by atoms with Gasteiger partial charge in [-0.15, -0.1) is 0 Å². The lowest BCUT2D eigenvalue weighted by Gasteiger charge is -2.43. The van der Waals surface area contributed by atoms with Crippen molar-refractivity contribution in [2.75, 3.05) is 25.5 Å². The molecule has 0 saturated carbocycles. The topological polar surface area (TPSA) is 95.9 Å². The van der Waals surface area contributed by atoms with Crippen LogP contribution < -0.4 is 10.9 Å². The Morgan fingerprint density at radius 1 is 1.17 bits per heavy atom. The number of aromatic amines is 1. The minimum Gasteiger partial charge on any atom is -0.372 e. The van der Waals surface area contributed by atoms with Crippen molar-refractivity contribution < 1.29 is 4.79 Å². The van der Waals surface area contributed by atoms with E-state index in [0.29, 0.717) is 42.4 Å². The number of piperidine rings is 1. The van der Waals surface area contributed by atoms with E-state index in [4.69, 9.17) is 0 Å². The molecular formula is C21H22N6O2. The lowest BCUT2D eigenvalue weighted by atomic mass is 9.82. The zero-order valence-corrected chi connectivity index (χ0v) is 16.1. The maximum atomic E-state index is 13.2. The predicted molar refractivity (Wildman–Crippen MR) is 109 cm³/mol. The minimum atomic E-state index is -0.0170. The quantitative estimate of drug-likeness (QED) is 0.713. The summed E-state index contributed by atoms with van der Waals surface area (Å²) in [6.45, 7) is 1.87. The van der Waals surface area contributed by atoms with Crippen LogP contribution in [0.2, 0.25) is 0 Å². The second-order valence-electron chi connectivity index (χ2n) is 7.68. The number of hydrogen-bond donors (Lipinski definition) is 2. The molecule has 2 N–H and O–H groups in total. The van der Waals surface area contributed by atoms with E-state index in [-0.39, 0.29) is 23.3 Å². The van der Waals surface area contributed by atoms with E-state index in [0.717, 1.165) is 12.1 Å². The van der Waals surface area contributed by atoms with Gasteiger partial charge in [0.2, 0.25) is 0 Å². The summed E-state index contributed by atoms with van der Waals surface area (Å²) in [5.74, 6) is 1.58. The van der Waals surface area contributed by atoms with Crippen LogP contribution in [-0.2, 0) is 6.54 Å². The van der Waals surface area contributed by atoms with Crippen LogP contribution in [0.5, 0.6) is 0 Å². The van der Waals surface area contributed by atoms with E-state index in [2.05, 4.69) is 20.3 Å². The fourth-order valence-electron chi connectivity index (χ4n) is 4.65. The molecular weight excluding hydrogens is 368 g/mol. The van der Waals surface area contributed by atoms with E-state index in [9.17, 15) is 9.59 Å². The molecule has 0 radical (unpaired) electrons. The summed E-state index contributed by atoms with van der Waals surface area (Å²) in [5.41, 5.74) is 2.15. The number of pyridine rings is 2. The third-order valence-corrected chi connectivity index (χ3v) is 5.92. The van der Waals surface area contributed by atoms with Gasteiger partial charge in [-0.2, -0.15) is 0 Å². The molecule has 29 heavy (non-hydrogen) atoms. The highest BCUT2D eigenvalue weighted by Crippen LogP contribution is 2.36. The molecule has 3 aromatic rings. The van der Waals surface area contributed by atoms with Crippen LogP contribution >= 0.6 is 0 Å². The number of rotatable bonds is 3. The van der Waals surface area contributed by atoms with Crippen molar-refractivity contribution in [1.29, 1.82) is 0 Å². The number of fused-ring (bicyclic) bond motifs is 4. The highest BCUT2D eigenvalue weighted by Gasteiger charge is 2.37. The van der Waals surface area contributed by atoms with E-state index in [1.165, 1.54) is 0 Å². The summed E-state index contributed by atoms with van der Waals surface area (Å²) < 4.78 is 1.88. The molecule has 5 heterocycles. The highest BCUT2D eigenvalue weighted by atomic mass is 16.2. The molecule has 1 saturated heterocycles. The van der Waals surface area contributed by atoms with Gasteiger partial charge < -0.3 is 19.8 Å². The molecule has 0 aliphatic carbocycles. The molecule has 0 spiro atoms. The molecule has 8 nitrogen and oxygen atoms in total. The number of H-pyrrole nitrogens is 1. The molecule has 1 amide bonds. The number of amides is 1. The summed E-state index contributed by atoms with van der Waals surface area (Å²) >= 11 is 0. The fourth-order valence-corrected chi connectivity index (χ4v) is 4.65. The van der Waals surface area contributed by atoms with Gasteiger partial charge in [-0.25, -0.2) is 9.97 Å². The number of anilines is 1.